The second-order valence-electron chi connectivity index (χ2n) is 11.3. The standard InChI is InChI=1S/C30H39BrN2O6/c1-3-15-32(20-13-9-6-10-14-20)28(36)26-30-17-22(31)25(39-30)23(29(37)38-4-2)24(30)27(35)33(26)21(18-34)16-19-11-7-5-8-12-19/h3,5,7-8,11-12,20-26,34H,1,4,6,9-10,13-18H2,2H3/t21-,22?,23+,24-,25+,26+,30-/m1/s1. The van der Waals surface area contributed by atoms with Gasteiger partial charge in [0, 0.05) is 17.4 Å². The Morgan fingerprint density at radius 1 is 1.28 bits per heavy atom. The molecule has 4 aliphatic rings. The fourth-order valence-corrected chi connectivity index (χ4v) is 8.44. The van der Waals surface area contributed by atoms with E-state index in [0.717, 1.165) is 37.7 Å². The number of esters is 1. The summed E-state index contributed by atoms with van der Waals surface area (Å²) in [6.45, 7) is 5.89. The zero-order valence-corrected chi connectivity index (χ0v) is 24.1. The van der Waals surface area contributed by atoms with Crippen molar-refractivity contribution < 1.29 is 29.0 Å². The fourth-order valence-electron chi connectivity index (χ4n) is 7.49. The van der Waals surface area contributed by atoms with Crippen molar-refractivity contribution in [3.63, 3.8) is 0 Å². The predicted octanol–water partition coefficient (Wildman–Crippen LogP) is 3.25. The number of nitrogens with zero attached hydrogens (tertiary/aromatic N) is 2. The molecular weight excluding hydrogens is 564 g/mol. The van der Waals surface area contributed by atoms with Gasteiger partial charge >= 0.3 is 5.97 Å². The number of likely N-dealkylation sites (tertiary alicyclic amines) is 1. The Bertz CT molecular complexity index is 1080. The number of halogens is 1. The number of fused-ring (bicyclic) bond motifs is 1. The van der Waals surface area contributed by atoms with Crippen LogP contribution in [0.15, 0.2) is 43.0 Å². The van der Waals surface area contributed by atoms with Crippen LogP contribution in [0.25, 0.3) is 0 Å². The quantitative estimate of drug-likeness (QED) is 0.251. The maximum Gasteiger partial charge on any atom is 0.312 e. The molecule has 39 heavy (non-hydrogen) atoms. The molecule has 1 aliphatic carbocycles. The lowest BCUT2D eigenvalue weighted by Crippen LogP contribution is -2.60. The van der Waals surface area contributed by atoms with Gasteiger partial charge in [-0.15, -0.1) is 6.58 Å². The Morgan fingerprint density at radius 3 is 2.64 bits per heavy atom. The van der Waals surface area contributed by atoms with E-state index in [1.54, 1.807) is 17.9 Å². The van der Waals surface area contributed by atoms with Gasteiger partial charge in [-0.3, -0.25) is 14.4 Å². The Hall–Kier alpha value is -2.23. The smallest absolute Gasteiger partial charge is 0.312 e. The van der Waals surface area contributed by atoms with Crippen molar-refractivity contribution in [2.45, 2.75) is 86.5 Å². The molecule has 3 saturated heterocycles. The van der Waals surface area contributed by atoms with Crippen molar-refractivity contribution in [3.05, 3.63) is 48.6 Å². The molecule has 212 valence electrons. The summed E-state index contributed by atoms with van der Waals surface area (Å²) < 4.78 is 12.0. The lowest BCUT2D eigenvalue weighted by atomic mass is 9.70. The molecule has 5 rings (SSSR count). The van der Waals surface area contributed by atoms with Crippen LogP contribution in [-0.4, -0.2) is 87.1 Å². The summed E-state index contributed by atoms with van der Waals surface area (Å²) in [4.78, 5) is 45.5. The third-order valence-corrected chi connectivity index (χ3v) is 9.91. The van der Waals surface area contributed by atoms with Crippen LogP contribution in [0.1, 0.15) is 51.0 Å². The predicted molar refractivity (Wildman–Crippen MR) is 149 cm³/mol. The number of hydrogen-bond acceptors (Lipinski definition) is 6. The number of amides is 2. The topological polar surface area (TPSA) is 96.4 Å². The number of aliphatic hydroxyl groups excluding tert-OH is 1. The second kappa shape index (κ2) is 11.7. The third-order valence-electron chi connectivity index (χ3n) is 9.06. The van der Waals surface area contributed by atoms with E-state index in [-0.39, 0.29) is 35.9 Å². The summed E-state index contributed by atoms with van der Waals surface area (Å²) >= 11 is 3.70. The zero-order valence-electron chi connectivity index (χ0n) is 22.5. The van der Waals surface area contributed by atoms with Gasteiger partial charge in [0.2, 0.25) is 11.8 Å². The fraction of sp³-hybridized carbons (Fsp3) is 0.633. The molecular formula is C30H39BrN2O6. The van der Waals surface area contributed by atoms with Crippen LogP contribution in [0.3, 0.4) is 0 Å². The monoisotopic (exact) mass is 602 g/mol. The Balaban J connectivity index is 1.58. The molecule has 1 unspecified atom stereocenters. The largest absolute Gasteiger partial charge is 0.466 e. The van der Waals surface area contributed by atoms with E-state index in [1.165, 1.54) is 0 Å². The molecule has 0 radical (unpaired) electrons. The lowest BCUT2D eigenvalue weighted by molar-refractivity contribution is -0.156. The minimum atomic E-state index is -1.18. The second-order valence-corrected chi connectivity index (χ2v) is 12.4. The first-order valence-electron chi connectivity index (χ1n) is 14.2. The van der Waals surface area contributed by atoms with Crippen LogP contribution >= 0.6 is 15.9 Å². The van der Waals surface area contributed by atoms with Gasteiger partial charge in [0.25, 0.3) is 0 Å². The highest BCUT2D eigenvalue weighted by Gasteiger charge is 2.77. The number of rotatable bonds is 10. The van der Waals surface area contributed by atoms with Crippen molar-refractivity contribution in [3.8, 4) is 0 Å². The third kappa shape index (κ3) is 4.84. The summed E-state index contributed by atoms with van der Waals surface area (Å²) in [6.07, 6.45) is 7.03. The molecule has 3 heterocycles. The maximum absolute atomic E-state index is 14.7. The molecule has 1 aromatic carbocycles. The van der Waals surface area contributed by atoms with Crippen molar-refractivity contribution in [1.29, 1.82) is 0 Å². The van der Waals surface area contributed by atoms with Gasteiger partial charge < -0.3 is 24.4 Å². The zero-order chi connectivity index (χ0) is 27.7. The van der Waals surface area contributed by atoms with Crippen molar-refractivity contribution >= 4 is 33.7 Å². The molecule has 7 atom stereocenters. The molecule has 2 amide bonds. The van der Waals surface area contributed by atoms with Crippen molar-refractivity contribution in [1.82, 2.24) is 9.80 Å². The van der Waals surface area contributed by atoms with Crippen LogP contribution in [0.2, 0.25) is 0 Å². The summed E-state index contributed by atoms with van der Waals surface area (Å²) in [5.41, 5.74) is -0.228. The molecule has 0 aromatic heterocycles. The summed E-state index contributed by atoms with van der Waals surface area (Å²) in [6, 6.07) is 8.09. The first-order chi connectivity index (χ1) is 18.9. The van der Waals surface area contributed by atoms with Crippen molar-refractivity contribution in [2.75, 3.05) is 19.8 Å². The number of carbonyl (C=O) groups is 3. The Kier molecular flexibility index (Phi) is 8.50. The maximum atomic E-state index is 14.7. The highest BCUT2D eigenvalue weighted by atomic mass is 79.9. The molecule has 1 saturated carbocycles. The van der Waals surface area contributed by atoms with Gasteiger partial charge in [0.05, 0.1) is 37.2 Å². The highest BCUT2D eigenvalue weighted by molar-refractivity contribution is 9.09. The average molecular weight is 604 g/mol. The Labute approximate surface area is 238 Å². The van der Waals surface area contributed by atoms with Gasteiger partial charge in [-0.1, -0.05) is 71.6 Å². The molecule has 3 aliphatic heterocycles. The molecule has 4 fully saturated rings. The molecule has 1 spiro atoms. The van der Waals surface area contributed by atoms with Gasteiger partial charge in [-0.05, 0) is 38.2 Å². The van der Waals surface area contributed by atoms with Gasteiger partial charge in [0.1, 0.15) is 11.6 Å². The van der Waals surface area contributed by atoms with Crippen LogP contribution in [0.5, 0.6) is 0 Å². The highest BCUT2D eigenvalue weighted by Crippen LogP contribution is 2.61. The average Bonchev–Trinajstić information content (AvgIpc) is 3.54. The summed E-state index contributed by atoms with van der Waals surface area (Å²) in [7, 11) is 0. The van der Waals surface area contributed by atoms with E-state index in [9.17, 15) is 19.5 Å². The summed E-state index contributed by atoms with van der Waals surface area (Å²) in [5.74, 6) is -2.63. The van der Waals surface area contributed by atoms with E-state index in [0.29, 0.717) is 19.4 Å². The molecule has 1 N–H and O–H groups in total. The minimum absolute atomic E-state index is 0.0533. The van der Waals surface area contributed by atoms with Crippen molar-refractivity contribution in [2.24, 2.45) is 11.8 Å². The first-order valence-corrected chi connectivity index (χ1v) is 15.2. The van der Waals surface area contributed by atoms with E-state index >= 15 is 0 Å². The van der Waals surface area contributed by atoms with E-state index < -0.39 is 41.6 Å². The number of aliphatic hydroxyl groups is 1. The number of alkyl halides is 1. The van der Waals surface area contributed by atoms with Gasteiger partial charge in [-0.25, -0.2) is 0 Å². The van der Waals surface area contributed by atoms with E-state index in [1.807, 2.05) is 35.2 Å². The van der Waals surface area contributed by atoms with E-state index in [2.05, 4.69) is 22.5 Å². The Morgan fingerprint density at radius 2 is 2.00 bits per heavy atom. The molecule has 8 nitrogen and oxygen atoms in total. The minimum Gasteiger partial charge on any atom is -0.466 e. The molecule has 9 heteroatoms. The molecule has 1 aromatic rings. The van der Waals surface area contributed by atoms with E-state index in [4.69, 9.17) is 9.47 Å². The number of ether oxygens (including phenoxy) is 2. The van der Waals surface area contributed by atoms with Crippen LogP contribution in [0, 0.1) is 11.8 Å². The van der Waals surface area contributed by atoms with Gasteiger partial charge in [0.15, 0.2) is 0 Å². The number of carbonyl (C=O) groups excluding carboxylic acids is 3. The number of hydrogen-bond donors (Lipinski definition) is 1. The number of benzene rings is 1. The normalized spacial score (nSPS) is 32.6. The summed E-state index contributed by atoms with van der Waals surface area (Å²) in [5, 5.41) is 10.6. The van der Waals surface area contributed by atoms with Crippen LogP contribution in [-0.2, 0) is 30.3 Å². The van der Waals surface area contributed by atoms with Crippen LogP contribution < -0.4 is 0 Å². The van der Waals surface area contributed by atoms with Gasteiger partial charge in [-0.2, -0.15) is 0 Å². The molecule has 2 bridgehead atoms. The SMILES string of the molecule is C=CCN(C(=O)[C@@H]1N([C@@H](CO)Cc2ccccc2)C(=O)[C@H]2[C@H](C(=O)OCC)[C@H]3O[C@@]12CC3Br)C1CCCCC1. The lowest BCUT2D eigenvalue weighted by Gasteiger charge is -2.42. The first kappa shape index (κ1) is 28.3. The van der Waals surface area contributed by atoms with Crippen LogP contribution in [0.4, 0.5) is 0 Å².